The second kappa shape index (κ2) is 16.5. The molecule has 0 saturated carbocycles. The number of methoxy groups -OCH3 is 1. The third-order valence-electron chi connectivity index (χ3n) is 3.03. The first-order chi connectivity index (χ1) is 10.3. The second-order valence-corrected chi connectivity index (χ2v) is 4.94. The first kappa shape index (κ1) is 19.4. The molecule has 0 aromatic rings. The standard InChI is InChI=1S/C19H30O2/c1-3-4-5-6-7-8-9-10-11-12-13-14-15-16-17-18-19(20)21-2/h7-14H,3-6,15-18H2,1-2H3/b8-7-,10-9+,12-11+,14-13-/i19+2. The fourth-order valence-electron chi connectivity index (χ4n) is 1.75. The van der Waals surface area contributed by atoms with Gasteiger partial charge in [0.2, 0.25) is 0 Å². The topological polar surface area (TPSA) is 26.3 Å². The van der Waals surface area contributed by atoms with Crippen LogP contribution in [0.3, 0.4) is 0 Å². The first-order valence-corrected chi connectivity index (χ1v) is 8.03. The molecule has 2 nitrogen and oxygen atoms in total. The van der Waals surface area contributed by atoms with Gasteiger partial charge in [-0.05, 0) is 32.1 Å². The molecule has 0 heterocycles. The van der Waals surface area contributed by atoms with E-state index in [2.05, 4.69) is 36.0 Å². The number of unbranched alkanes of at least 4 members (excludes halogenated alkanes) is 5. The van der Waals surface area contributed by atoms with Crippen molar-refractivity contribution in [1.82, 2.24) is 0 Å². The summed E-state index contributed by atoms with van der Waals surface area (Å²) in [6, 6.07) is 0. The fourth-order valence-corrected chi connectivity index (χ4v) is 1.75. The molecule has 0 fully saturated rings. The minimum Gasteiger partial charge on any atom is -0.469 e. The number of allylic oxidation sites excluding steroid dienone is 8. The Bertz CT molecular complexity index is 349. The predicted octanol–water partition coefficient (Wildman–Crippen LogP) is 5.52. The van der Waals surface area contributed by atoms with E-state index in [1.807, 2.05) is 24.3 Å². The smallest absolute Gasteiger partial charge is 0.305 e. The highest BCUT2D eigenvalue weighted by atomic mass is 16.7. The van der Waals surface area contributed by atoms with Crippen LogP contribution in [0.5, 0.6) is 0 Å². The zero-order valence-electron chi connectivity index (χ0n) is 13.6. The number of carbonyl (C=O) groups excluding carboxylic acids is 1. The molecule has 0 unspecified atom stereocenters. The summed E-state index contributed by atoms with van der Waals surface area (Å²) < 4.78 is 4.59. The maximum absolute atomic E-state index is 10.9. The maximum Gasteiger partial charge on any atom is 0.305 e. The molecule has 0 aromatic heterocycles. The van der Waals surface area contributed by atoms with Gasteiger partial charge in [0.15, 0.2) is 0 Å². The van der Waals surface area contributed by atoms with Crippen LogP contribution in [0.1, 0.15) is 58.3 Å². The summed E-state index contributed by atoms with van der Waals surface area (Å²) in [6.45, 7) is 2.22. The van der Waals surface area contributed by atoms with Gasteiger partial charge in [-0.15, -0.1) is 0 Å². The number of rotatable bonds is 12. The molecule has 0 aliphatic rings. The molecule has 0 aromatic carbocycles. The Balaban J connectivity index is 3.49. The molecule has 0 atom stereocenters. The van der Waals surface area contributed by atoms with Crippen molar-refractivity contribution in [3.63, 3.8) is 0 Å². The minimum absolute atomic E-state index is 0.119. The summed E-state index contributed by atoms with van der Waals surface area (Å²) in [5.41, 5.74) is 0. The molecule has 118 valence electrons. The highest BCUT2D eigenvalue weighted by molar-refractivity contribution is 5.68. The van der Waals surface area contributed by atoms with Crippen LogP contribution < -0.4 is 0 Å². The van der Waals surface area contributed by atoms with Crippen LogP contribution >= 0.6 is 0 Å². The van der Waals surface area contributed by atoms with Crippen molar-refractivity contribution in [2.24, 2.45) is 0 Å². The lowest BCUT2D eigenvalue weighted by atomic mass is 10.2. The number of hydrogen-bond donors (Lipinski definition) is 0. The number of ether oxygens (including phenoxy) is 1. The molecule has 0 radical (unpaired) electrons. The molecule has 2 heteroatoms. The third-order valence-corrected chi connectivity index (χ3v) is 3.03. The van der Waals surface area contributed by atoms with E-state index in [-0.39, 0.29) is 5.97 Å². The van der Waals surface area contributed by atoms with Gasteiger partial charge in [-0.1, -0.05) is 68.4 Å². The third kappa shape index (κ3) is 16.4. The zero-order valence-corrected chi connectivity index (χ0v) is 13.6. The number of esters is 1. The van der Waals surface area contributed by atoms with E-state index < -0.39 is 0 Å². The first-order valence-electron chi connectivity index (χ1n) is 8.03. The maximum atomic E-state index is 10.9. The van der Waals surface area contributed by atoms with Crippen LogP contribution in [0.4, 0.5) is 0 Å². The zero-order chi connectivity index (χ0) is 15.6. The highest BCUT2D eigenvalue weighted by Crippen LogP contribution is 2.02. The van der Waals surface area contributed by atoms with Crippen LogP contribution in [-0.4, -0.2) is 13.1 Å². The lowest BCUT2D eigenvalue weighted by Gasteiger charge is -1.96. The van der Waals surface area contributed by atoms with Gasteiger partial charge in [0, 0.05) is 6.42 Å². The number of hydrogen-bond acceptors (Lipinski definition) is 2. The van der Waals surface area contributed by atoms with E-state index in [0.717, 1.165) is 19.3 Å². The summed E-state index contributed by atoms with van der Waals surface area (Å²) in [5.74, 6) is -0.119. The summed E-state index contributed by atoms with van der Waals surface area (Å²) in [5, 5.41) is 0. The predicted molar refractivity (Wildman–Crippen MR) is 91.2 cm³/mol. The Hall–Kier alpha value is -1.57. The van der Waals surface area contributed by atoms with Crippen LogP contribution in [0, 0.1) is 0 Å². The SMILES string of the molecule is CCCCC\C=C/C=C/C=C/C=C\CCCC[14C](=O)OC. The Morgan fingerprint density at radius 3 is 1.86 bits per heavy atom. The van der Waals surface area contributed by atoms with Gasteiger partial charge in [-0.3, -0.25) is 4.79 Å². The minimum atomic E-state index is -0.119. The van der Waals surface area contributed by atoms with Gasteiger partial charge >= 0.3 is 5.97 Å². The largest absolute Gasteiger partial charge is 0.469 e. The van der Waals surface area contributed by atoms with Gasteiger partial charge in [-0.25, -0.2) is 0 Å². The van der Waals surface area contributed by atoms with E-state index in [0.29, 0.717) is 6.42 Å². The van der Waals surface area contributed by atoms with E-state index in [4.69, 9.17) is 0 Å². The summed E-state index contributed by atoms with van der Waals surface area (Å²) in [4.78, 5) is 10.9. The summed E-state index contributed by atoms with van der Waals surface area (Å²) in [6.07, 6.45) is 25.2. The lowest BCUT2D eigenvalue weighted by molar-refractivity contribution is -0.140. The molecule has 0 saturated heterocycles. The lowest BCUT2D eigenvalue weighted by Crippen LogP contribution is -1.98. The molecule has 21 heavy (non-hydrogen) atoms. The monoisotopic (exact) mass is 292 g/mol. The molecular weight excluding hydrogens is 262 g/mol. The summed E-state index contributed by atoms with van der Waals surface area (Å²) in [7, 11) is 1.43. The van der Waals surface area contributed by atoms with E-state index in [1.54, 1.807) is 0 Å². The average molecular weight is 292 g/mol. The second-order valence-electron chi connectivity index (χ2n) is 4.94. The van der Waals surface area contributed by atoms with E-state index in [9.17, 15) is 4.79 Å². The highest BCUT2D eigenvalue weighted by Gasteiger charge is 1.97. The Labute approximate surface area is 130 Å². The molecule has 0 amide bonds. The van der Waals surface area contributed by atoms with Crippen molar-refractivity contribution in [3.8, 4) is 0 Å². The Morgan fingerprint density at radius 2 is 1.33 bits per heavy atom. The van der Waals surface area contributed by atoms with Gasteiger partial charge in [-0.2, -0.15) is 0 Å². The quantitative estimate of drug-likeness (QED) is 0.269. The Morgan fingerprint density at radius 1 is 0.810 bits per heavy atom. The van der Waals surface area contributed by atoms with Crippen molar-refractivity contribution in [2.45, 2.75) is 58.3 Å². The van der Waals surface area contributed by atoms with Crippen molar-refractivity contribution in [1.29, 1.82) is 0 Å². The van der Waals surface area contributed by atoms with Crippen LogP contribution in [0.25, 0.3) is 0 Å². The van der Waals surface area contributed by atoms with Gasteiger partial charge < -0.3 is 4.74 Å². The van der Waals surface area contributed by atoms with Crippen molar-refractivity contribution >= 4 is 5.97 Å². The average Bonchev–Trinajstić information content (AvgIpc) is 2.50. The van der Waals surface area contributed by atoms with Gasteiger partial charge in [0.05, 0.1) is 7.11 Å². The molecule has 0 spiro atoms. The molecule has 0 N–H and O–H groups in total. The Kier molecular flexibility index (Phi) is 15.3. The molecular formula is C19H30O2. The number of carbonyl (C=O) groups is 1. The van der Waals surface area contributed by atoms with Crippen LogP contribution in [0.15, 0.2) is 48.6 Å². The normalized spacial score (nSPS) is 12.3. The summed E-state index contributed by atoms with van der Waals surface area (Å²) >= 11 is 0. The van der Waals surface area contributed by atoms with Crippen LogP contribution in [-0.2, 0) is 9.53 Å². The van der Waals surface area contributed by atoms with Gasteiger partial charge in [0.25, 0.3) is 0 Å². The van der Waals surface area contributed by atoms with Crippen LogP contribution in [0.2, 0.25) is 0 Å². The van der Waals surface area contributed by atoms with Gasteiger partial charge in [0.1, 0.15) is 0 Å². The fraction of sp³-hybridized carbons (Fsp3) is 0.526. The molecule has 0 aliphatic carbocycles. The van der Waals surface area contributed by atoms with Crippen molar-refractivity contribution in [2.75, 3.05) is 7.11 Å². The molecule has 0 bridgehead atoms. The van der Waals surface area contributed by atoms with E-state index in [1.165, 1.54) is 32.8 Å². The van der Waals surface area contributed by atoms with E-state index >= 15 is 0 Å². The van der Waals surface area contributed by atoms with Crippen molar-refractivity contribution in [3.05, 3.63) is 48.6 Å². The molecule has 0 aliphatic heterocycles. The van der Waals surface area contributed by atoms with Crippen molar-refractivity contribution < 1.29 is 9.53 Å². The molecule has 0 rings (SSSR count).